The van der Waals surface area contributed by atoms with Crippen molar-refractivity contribution in [3.8, 4) is 0 Å². The van der Waals surface area contributed by atoms with E-state index in [0.717, 1.165) is 29.8 Å². The van der Waals surface area contributed by atoms with Crippen molar-refractivity contribution in [1.82, 2.24) is 25.5 Å². The smallest absolute Gasteiger partial charge is 0.224 e. The number of aromatic nitrogens is 4. The highest BCUT2D eigenvalue weighted by atomic mass is 16.5. The van der Waals surface area contributed by atoms with Gasteiger partial charge in [-0.25, -0.2) is 4.98 Å². The fourth-order valence-corrected chi connectivity index (χ4v) is 2.69. The molecule has 7 heteroatoms. The molecule has 2 aromatic rings. The average Bonchev–Trinajstić information content (AvgIpc) is 3.16. The second kappa shape index (κ2) is 6.87. The SMILES string of the molecule is Cc1nc([C@@H]2CC[C@H](CNC(=O)Cc3cnccc3C)O2)n[nH]1. The lowest BCUT2D eigenvalue weighted by atomic mass is 10.1. The molecule has 3 rings (SSSR count). The topological polar surface area (TPSA) is 92.8 Å². The average molecular weight is 315 g/mol. The highest BCUT2D eigenvalue weighted by Gasteiger charge is 2.29. The Morgan fingerprint density at radius 3 is 3.04 bits per heavy atom. The second-order valence-corrected chi connectivity index (χ2v) is 5.89. The van der Waals surface area contributed by atoms with E-state index in [1.54, 1.807) is 12.4 Å². The third-order valence-electron chi connectivity index (χ3n) is 4.04. The summed E-state index contributed by atoms with van der Waals surface area (Å²) in [5, 5.41) is 9.90. The molecule has 0 saturated carbocycles. The van der Waals surface area contributed by atoms with Gasteiger partial charge in [0.1, 0.15) is 11.9 Å². The van der Waals surface area contributed by atoms with Crippen molar-refractivity contribution in [2.75, 3.05) is 6.54 Å². The third-order valence-corrected chi connectivity index (χ3v) is 4.04. The Labute approximate surface area is 134 Å². The van der Waals surface area contributed by atoms with Gasteiger partial charge < -0.3 is 10.1 Å². The number of carbonyl (C=O) groups excluding carboxylic acids is 1. The normalized spacial score (nSPS) is 20.6. The minimum Gasteiger partial charge on any atom is -0.365 e. The van der Waals surface area contributed by atoms with Crippen LogP contribution in [0.1, 0.15) is 41.7 Å². The van der Waals surface area contributed by atoms with Crippen LogP contribution in [0.25, 0.3) is 0 Å². The molecule has 0 unspecified atom stereocenters. The van der Waals surface area contributed by atoms with Crippen molar-refractivity contribution >= 4 is 5.91 Å². The van der Waals surface area contributed by atoms with Crippen molar-refractivity contribution in [1.29, 1.82) is 0 Å². The minimum absolute atomic E-state index is 0.0118. The monoisotopic (exact) mass is 315 g/mol. The zero-order valence-electron chi connectivity index (χ0n) is 13.4. The van der Waals surface area contributed by atoms with Crippen LogP contribution >= 0.6 is 0 Å². The van der Waals surface area contributed by atoms with E-state index in [4.69, 9.17) is 4.74 Å². The van der Waals surface area contributed by atoms with Gasteiger partial charge in [0.05, 0.1) is 12.5 Å². The van der Waals surface area contributed by atoms with Gasteiger partial charge in [0, 0.05) is 18.9 Å². The zero-order valence-corrected chi connectivity index (χ0v) is 13.4. The van der Waals surface area contributed by atoms with Crippen molar-refractivity contribution in [3.05, 3.63) is 41.2 Å². The van der Waals surface area contributed by atoms with Gasteiger partial charge in [0.15, 0.2) is 5.82 Å². The number of nitrogens with one attached hydrogen (secondary N) is 2. The maximum absolute atomic E-state index is 12.1. The van der Waals surface area contributed by atoms with Gasteiger partial charge in [0.25, 0.3) is 0 Å². The first-order valence-corrected chi connectivity index (χ1v) is 7.82. The van der Waals surface area contributed by atoms with E-state index in [1.807, 2.05) is 19.9 Å². The van der Waals surface area contributed by atoms with E-state index in [2.05, 4.69) is 25.5 Å². The van der Waals surface area contributed by atoms with E-state index in [0.29, 0.717) is 18.8 Å². The maximum atomic E-state index is 12.1. The minimum atomic E-state index is -0.0811. The van der Waals surface area contributed by atoms with Crippen LogP contribution < -0.4 is 5.32 Å². The Balaban J connectivity index is 1.46. The summed E-state index contributed by atoms with van der Waals surface area (Å²) in [5.74, 6) is 1.47. The van der Waals surface area contributed by atoms with Crippen LogP contribution in [-0.2, 0) is 16.0 Å². The number of hydrogen-bond acceptors (Lipinski definition) is 5. The molecular weight excluding hydrogens is 294 g/mol. The summed E-state index contributed by atoms with van der Waals surface area (Å²) in [6.07, 6.45) is 5.51. The number of aromatic amines is 1. The summed E-state index contributed by atoms with van der Waals surface area (Å²) < 4.78 is 5.91. The van der Waals surface area contributed by atoms with Crippen molar-refractivity contribution < 1.29 is 9.53 Å². The quantitative estimate of drug-likeness (QED) is 0.870. The van der Waals surface area contributed by atoms with Crippen LogP contribution in [0.15, 0.2) is 18.5 Å². The zero-order chi connectivity index (χ0) is 16.2. The van der Waals surface area contributed by atoms with E-state index < -0.39 is 0 Å². The first-order valence-electron chi connectivity index (χ1n) is 7.82. The number of H-pyrrole nitrogens is 1. The predicted molar refractivity (Wildman–Crippen MR) is 83.7 cm³/mol. The molecule has 0 spiro atoms. The largest absolute Gasteiger partial charge is 0.365 e. The van der Waals surface area contributed by atoms with Crippen LogP contribution in [0.5, 0.6) is 0 Å². The number of carbonyl (C=O) groups is 1. The van der Waals surface area contributed by atoms with Crippen LogP contribution in [0.4, 0.5) is 0 Å². The molecule has 0 aromatic carbocycles. The van der Waals surface area contributed by atoms with E-state index in [-0.39, 0.29) is 18.1 Å². The van der Waals surface area contributed by atoms with Crippen LogP contribution in [0, 0.1) is 13.8 Å². The number of rotatable bonds is 5. The molecule has 2 atom stereocenters. The maximum Gasteiger partial charge on any atom is 0.224 e. The molecule has 3 heterocycles. The molecule has 0 radical (unpaired) electrons. The van der Waals surface area contributed by atoms with Crippen LogP contribution in [-0.4, -0.2) is 38.7 Å². The van der Waals surface area contributed by atoms with Gasteiger partial charge in [-0.15, -0.1) is 0 Å². The van der Waals surface area contributed by atoms with Crippen LogP contribution in [0.3, 0.4) is 0 Å². The molecule has 2 aromatic heterocycles. The summed E-state index contributed by atoms with van der Waals surface area (Å²) in [5.41, 5.74) is 2.03. The van der Waals surface area contributed by atoms with Gasteiger partial charge in [-0.1, -0.05) is 0 Å². The Bertz CT molecular complexity index is 685. The summed E-state index contributed by atoms with van der Waals surface area (Å²) in [7, 11) is 0. The summed E-state index contributed by atoms with van der Waals surface area (Å²) in [6, 6.07) is 1.91. The Morgan fingerprint density at radius 1 is 1.43 bits per heavy atom. The number of pyridine rings is 1. The molecule has 1 amide bonds. The number of amides is 1. The molecule has 1 fully saturated rings. The number of ether oxygens (including phenoxy) is 1. The molecule has 0 aliphatic carbocycles. The van der Waals surface area contributed by atoms with Gasteiger partial charge in [-0.2, -0.15) is 5.10 Å². The molecular formula is C16H21N5O2. The van der Waals surface area contributed by atoms with Crippen molar-refractivity contribution in [2.45, 2.75) is 45.3 Å². The summed E-state index contributed by atoms with van der Waals surface area (Å²) in [4.78, 5) is 20.4. The molecule has 1 saturated heterocycles. The fraction of sp³-hybridized carbons (Fsp3) is 0.500. The number of nitrogens with zero attached hydrogens (tertiary/aromatic N) is 3. The van der Waals surface area contributed by atoms with Gasteiger partial charge in [-0.3, -0.25) is 14.9 Å². The van der Waals surface area contributed by atoms with Gasteiger partial charge >= 0.3 is 0 Å². The van der Waals surface area contributed by atoms with Crippen molar-refractivity contribution in [2.24, 2.45) is 0 Å². The Kier molecular flexibility index (Phi) is 4.66. The lowest BCUT2D eigenvalue weighted by Crippen LogP contribution is -2.33. The summed E-state index contributed by atoms with van der Waals surface area (Å²) >= 11 is 0. The van der Waals surface area contributed by atoms with Gasteiger partial charge in [-0.05, 0) is 43.9 Å². The third kappa shape index (κ3) is 3.92. The summed E-state index contributed by atoms with van der Waals surface area (Å²) in [6.45, 7) is 4.36. The van der Waals surface area contributed by atoms with Crippen molar-refractivity contribution in [3.63, 3.8) is 0 Å². The highest BCUT2D eigenvalue weighted by Crippen LogP contribution is 2.30. The lowest BCUT2D eigenvalue weighted by molar-refractivity contribution is -0.121. The lowest BCUT2D eigenvalue weighted by Gasteiger charge is -2.13. The first-order chi connectivity index (χ1) is 11.1. The van der Waals surface area contributed by atoms with E-state index >= 15 is 0 Å². The van der Waals surface area contributed by atoms with Crippen LogP contribution in [0.2, 0.25) is 0 Å². The highest BCUT2D eigenvalue weighted by molar-refractivity contribution is 5.78. The van der Waals surface area contributed by atoms with Gasteiger partial charge in [0.2, 0.25) is 5.91 Å². The van der Waals surface area contributed by atoms with E-state index in [9.17, 15) is 4.79 Å². The number of aryl methyl sites for hydroxylation is 2. The Hall–Kier alpha value is -2.28. The molecule has 7 nitrogen and oxygen atoms in total. The molecule has 1 aliphatic heterocycles. The molecule has 2 N–H and O–H groups in total. The molecule has 122 valence electrons. The predicted octanol–water partition coefficient (Wildman–Crippen LogP) is 1.40. The van der Waals surface area contributed by atoms with E-state index in [1.165, 1.54) is 0 Å². The molecule has 1 aliphatic rings. The number of hydrogen-bond donors (Lipinski definition) is 2. The second-order valence-electron chi connectivity index (χ2n) is 5.89. The molecule has 0 bridgehead atoms. The Morgan fingerprint density at radius 2 is 2.30 bits per heavy atom. The molecule has 23 heavy (non-hydrogen) atoms. The fourth-order valence-electron chi connectivity index (χ4n) is 2.69. The standard InChI is InChI=1S/C16H21N5O2/c1-10-5-6-17-8-12(10)7-15(22)18-9-13-3-4-14(23-13)16-19-11(2)20-21-16/h5-6,8,13-14H,3-4,7,9H2,1-2H3,(H,18,22)(H,19,20,21)/t13-,14+/m1/s1. The first kappa shape index (κ1) is 15.6.